The maximum Gasteiger partial charge on any atom is 0.189 e. The van der Waals surface area contributed by atoms with Gasteiger partial charge in [0.15, 0.2) is 5.11 Å². The van der Waals surface area contributed by atoms with E-state index in [-0.39, 0.29) is 0 Å². The Hall–Kier alpha value is -1.49. The second-order valence-corrected chi connectivity index (χ2v) is 5.82. The van der Waals surface area contributed by atoms with Crippen LogP contribution in [0.2, 0.25) is 0 Å². The third kappa shape index (κ3) is 5.42. The summed E-state index contributed by atoms with van der Waals surface area (Å²) in [5, 5.41) is 5.10. The number of aromatic nitrogens is 1. The predicted molar refractivity (Wildman–Crippen MR) is 91.5 cm³/mol. The molecule has 0 aliphatic carbocycles. The van der Waals surface area contributed by atoms with Gasteiger partial charge in [0.1, 0.15) is 0 Å². The van der Waals surface area contributed by atoms with Crippen LogP contribution in [0.25, 0.3) is 0 Å². The number of rotatable bonds is 2. The maximum atomic E-state index is 5.48. The van der Waals surface area contributed by atoms with Gasteiger partial charge in [0.25, 0.3) is 0 Å². The summed E-state index contributed by atoms with van der Waals surface area (Å²) in [7, 11) is 0. The van der Waals surface area contributed by atoms with Crippen LogP contribution in [0.5, 0.6) is 0 Å². The molecule has 114 valence electrons. The summed E-state index contributed by atoms with van der Waals surface area (Å²) in [6, 6.07) is 5.81. The maximum absolute atomic E-state index is 5.48. The van der Waals surface area contributed by atoms with Crippen molar-refractivity contribution in [1.29, 1.82) is 0 Å². The van der Waals surface area contributed by atoms with Crippen molar-refractivity contribution in [2.75, 3.05) is 13.1 Å². The molecule has 21 heavy (non-hydrogen) atoms. The SMILES string of the molecule is CC(=NNC(=S)N1CCCCCCCC1)c1ccccn1. The van der Waals surface area contributed by atoms with Crippen molar-refractivity contribution < 1.29 is 0 Å². The highest BCUT2D eigenvalue weighted by atomic mass is 32.1. The number of pyridine rings is 1. The van der Waals surface area contributed by atoms with Gasteiger partial charge in [-0.2, -0.15) is 5.10 Å². The summed E-state index contributed by atoms with van der Waals surface area (Å²) in [6.45, 7) is 4.00. The molecule has 0 radical (unpaired) electrons. The monoisotopic (exact) mass is 304 g/mol. The van der Waals surface area contributed by atoms with Gasteiger partial charge in [-0.15, -0.1) is 0 Å². The lowest BCUT2D eigenvalue weighted by Gasteiger charge is -2.23. The van der Waals surface area contributed by atoms with E-state index in [9.17, 15) is 0 Å². The number of hydrazone groups is 1. The molecule has 2 heterocycles. The predicted octanol–water partition coefficient (Wildman–Crippen LogP) is 3.34. The standard InChI is InChI=1S/C16H24N4S/c1-14(15-10-6-7-11-17-15)18-19-16(21)20-12-8-4-2-3-5-9-13-20/h6-7,10-11H,2-5,8-9,12-13H2,1H3,(H,19,21). The molecule has 1 aromatic rings. The highest BCUT2D eigenvalue weighted by Gasteiger charge is 2.10. The van der Waals surface area contributed by atoms with Crippen LogP contribution < -0.4 is 5.43 Å². The number of hydrogen-bond acceptors (Lipinski definition) is 3. The van der Waals surface area contributed by atoms with Crippen LogP contribution in [0.1, 0.15) is 51.1 Å². The summed E-state index contributed by atoms with van der Waals surface area (Å²) in [5.41, 5.74) is 4.75. The fourth-order valence-electron chi connectivity index (χ4n) is 2.46. The lowest BCUT2D eigenvalue weighted by Crippen LogP contribution is -2.39. The minimum atomic E-state index is 0.729. The molecular weight excluding hydrogens is 280 g/mol. The van der Waals surface area contributed by atoms with Gasteiger partial charge in [-0.25, -0.2) is 0 Å². The minimum Gasteiger partial charge on any atom is -0.348 e. The van der Waals surface area contributed by atoms with Crippen LogP contribution >= 0.6 is 12.2 Å². The van der Waals surface area contributed by atoms with Crippen LogP contribution in [-0.4, -0.2) is 33.8 Å². The molecule has 1 aliphatic heterocycles. The first-order valence-electron chi connectivity index (χ1n) is 7.78. The van der Waals surface area contributed by atoms with Crippen molar-refractivity contribution in [2.24, 2.45) is 5.10 Å². The van der Waals surface area contributed by atoms with E-state index in [0.717, 1.165) is 29.6 Å². The van der Waals surface area contributed by atoms with Crippen LogP contribution in [0.3, 0.4) is 0 Å². The third-order valence-corrected chi connectivity index (χ3v) is 4.10. The number of nitrogens with one attached hydrogen (secondary N) is 1. The lowest BCUT2D eigenvalue weighted by atomic mass is 10.1. The molecule has 0 aromatic carbocycles. The Morgan fingerprint density at radius 2 is 1.81 bits per heavy atom. The van der Waals surface area contributed by atoms with Crippen molar-refractivity contribution in [2.45, 2.75) is 45.4 Å². The Morgan fingerprint density at radius 3 is 2.43 bits per heavy atom. The summed E-state index contributed by atoms with van der Waals surface area (Å²) >= 11 is 5.48. The minimum absolute atomic E-state index is 0.729. The fraction of sp³-hybridized carbons (Fsp3) is 0.562. The topological polar surface area (TPSA) is 40.5 Å². The quantitative estimate of drug-likeness (QED) is 0.517. The van der Waals surface area contributed by atoms with E-state index in [1.807, 2.05) is 25.1 Å². The second-order valence-electron chi connectivity index (χ2n) is 5.44. The number of thiocarbonyl (C=S) groups is 1. The summed E-state index contributed by atoms with van der Waals surface area (Å²) < 4.78 is 0. The van der Waals surface area contributed by atoms with Crippen LogP contribution in [0.4, 0.5) is 0 Å². The van der Waals surface area contributed by atoms with E-state index >= 15 is 0 Å². The molecule has 5 heteroatoms. The van der Waals surface area contributed by atoms with Crippen LogP contribution in [0, 0.1) is 0 Å². The first-order valence-corrected chi connectivity index (χ1v) is 8.19. The molecular formula is C16H24N4S. The number of hydrogen-bond donors (Lipinski definition) is 1. The van der Waals surface area contributed by atoms with Gasteiger partial charge in [-0.1, -0.05) is 31.7 Å². The highest BCUT2D eigenvalue weighted by Crippen LogP contribution is 2.11. The summed E-state index contributed by atoms with van der Waals surface area (Å²) in [4.78, 5) is 6.53. The molecule has 1 fully saturated rings. The molecule has 0 amide bonds. The van der Waals surface area contributed by atoms with E-state index in [0.29, 0.717) is 0 Å². The first kappa shape index (κ1) is 15.9. The molecule has 1 N–H and O–H groups in total. The molecule has 4 nitrogen and oxygen atoms in total. The van der Waals surface area contributed by atoms with E-state index in [2.05, 4.69) is 20.4 Å². The lowest BCUT2D eigenvalue weighted by molar-refractivity contribution is 0.400. The Labute approximate surface area is 132 Å². The second kappa shape index (κ2) is 8.72. The number of nitrogens with zero attached hydrogens (tertiary/aromatic N) is 3. The largest absolute Gasteiger partial charge is 0.348 e. The zero-order valence-electron chi connectivity index (χ0n) is 12.7. The smallest absolute Gasteiger partial charge is 0.189 e. The Balaban J connectivity index is 1.90. The Morgan fingerprint density at radius 1 is 1.14 bits per heavy atom. The fourth-order valence-corrected chi connectivity index (χ4v) is 2.69. The summed E-state index contributed by atoms with van der Waals surface area (Å²) in [6.07, 6.45) is 9.50. The van der Waals surface area contributed by atoms with Crippen LogP contribution in [0.15, 0.2) is 29.5 Å². The van der Waals surface area contributed by atoms with Gasteiger partial charge in [0, 0.05) is 19.3 Å². The molecule has 1 aliphatic rings. The zero-order valence-corrected chi connectivity index (χ0v) is 13.5. The van der Waals surface area contributed by atoms with E-state index in [1.165, 1.54) is 38.5 Å². The molecule has 2 rings (SSSR count). The molecule has 0 saturated carbocycles. The van der Waals surface area contributed by atoms with Gasteiger partial charge < -0.3 is 4.90 Å². The molecule has 0 atom stereocenters. The van der Waals surface area contributed by atoms with Gasteiger partial charge in [0.05, 0.1) is 11.4 Å². The van der Waals surface area contributed by atoms with Crippen molar-refractivity contribution in [1.82, 2.24) is 15.3 Å². The van der Waals surface area contributed by atoms with Crippen molar-refractivity contribution in [3.05, 3.63) is 30.1 Å². The first-order chi connectivity index (χ1) is 10.3. The van der Waals surface area contributed by atoms with Crippen molar-refractivity contribution >= 4 is 23.0 Å². The van der Waals surface area contributed by atoms with E-state index in [1.54, 1.807) is 6.20 Å². The molecule has 0 spiro atoms. The zero-order chi connectivity index (χ0) is 14.9. The third-order valence-electron chi connectivity index (χ3n) is 3.75. The molecule has 1 aromatic heterocycles. The molecule has 0 unspecified atom stereocenters. The van der Waals surface area contributed by atoms with Gasteiger partial charge in [0.2, 0.25) is 0 Å². The van der Waals surface area contributed by atoms with Crippen molar-refractivity contribution in [3.8, 4) is 0 Å². The Kier molecular flexibility index (Phi) is 6.60. The van der Waals surface area contributed by atoms with E-state index < -0.39 is 0 Å². The van der Waals surface area contributed by atoms with E-state index in [4.69, 9.17) is 12.2 Å². The van der Waals surface area contributed by atoms with Gasteiger partial charge in [-0.3, -0.25) is 10.4 Å². The molecule has 0 bridgehead atoms. The van der Waals surface area contributed by atoms with Gasteiger partial charge >= 0.3 is 0 Å². The average molecular weight is 304 g/mol. The molecule has 1 saturated heterocycles. The highest BCUT2D eigenvalue weighted by molar-refractivity contribution is 7.80. The van der Waals surface area contributed by atoms with Crippen molar-refractivity contribution in [3.63, 3.8) is 0 Å². The van der Waals surface area contributed by atoms with Crippen LogP contribution in [-0.2, 0) is 0 Å². The summed E-state index contributed by atoms with van der Waals surface area (Å²) in [5.74, 6) is 0. The van der Waals surface area contributed by atoms with Gasteiger partial charge in [-0.05, 0) is 44.1 Å². The normalized spacial score (nSPS) is 17.6. The Bertz CT molecular complexity index is 462. The average Bonchev–Trinajstić information content (AvgIpc) is 2.67.